The number of carbonyl (C=O) groups excluding carboxylic acids is 2. The number of thioether (sulfide) groups is 1. The highest BCUT2D eigenvalue weighted by molar-refractivity contribution is 8.18. The average Bonchev–Trinajstić information content (AvgIpc) is 2.67. The topological polar surface area (TPSA) is 46.6 Å². The van der Waals surface area contributed by atoms with Crippen molar-refractivity contribution in [2.24, 2.45) is 0 Å². The van der Waals surface area contributed by atoms with Gasteiger partial charge in [-0.1, -0.05) is 24.1 Å². The van der Waals surface area contributed by atoms with Crippen LogP contribution in [-0.2, 0) is 4.79 Å². The van der Waals surface area contributed by atoms with E-state index in [2.05, 4.69) is 5.92 Å². The van der Waals surface area contributed by atoms with E-state index in [-0.39, 0.29) is 17.7 Å². The summed E-state index contributed by atoms with van der Waals surface area (Å²) in [5.74, 6) is 2.58. The zero-order chi connectivity index (χ0) is 13.8. The average molecular weight is 273 g/mol. The van der Waals surface area contributed by atoms with Gasteiger partial charge in [-0.15, -0.1) is 6.42 Å². The van der Waals surface area contributed by atoms with Crippen LogP contribution in [-0.4, -0.2) is 29.7 Å². The van der Waals surface area contributed by atoms with Gasteiger partial charge in [-0.3, -0.25) is 14.5 Å². The van der Waals surface area contributed by atoms with Gasteiger partial charge in [-0.2, -0.15) is 0 Å². The molecule has 96 valence electrons. The first-order chi connectivity index (χ1) is 9.17. The number of hydrogen-bond acceptors (Lipinski definition) is 4. The Morgan fingerprint density at radius 3 is 2.84 bits per heavy atom. The van der Waals surface area contributed by atoms with Gasteiger partial charge in [0.1, 0.15) is 5.75 Å². The summed E-state index contributed by atoms with van der Waals surface area (Å²) in [5, 5.41) is -0.343. The Kier molecular flexibility index (Phi) is 3.93. The monoisotopic (exact) mass is 273 g/mol. The maximum Gasteiger partial charge on any atom is 0.294 e. The van der Waals surface area contributed by atoms with E-state index in [1.807, 2.05) is 18.2 Å². The first kappa shape index (κ1) is 13.2. The summed E-state index contributed by atoms with van der Waals surface area (Å²) in [6.45, 7) is -0.00602. The molecule has 2 amide bonds. The summed E-state index contributed by atoms with van der Waals surface area (Å²) >= 11 is 0.883. The number of hydrogen-bond donors (Lipinski definition) is 0. The first-order valence-electron chi connectivity index (χ1n) is 5.49. The highest BCUT2D eigenvalue weighted by atomic mass is 32.2. The third-order valence-corrected chi connectivity index (χ3v) is 3.46. The molecule has 0 radical (unpaired) electrons. The van der Waals surface area contributed by atoms with E-state index in [0.29, 0.717) is 10.7 Å². The second-order valence-corrected chi connectivity index (χ2v) is 4.71. The lowest BCUT2D eigenvalue weighted by Gasteiger charge is -2.07. The van der Waals surface area contributed by atoms with Gasteiger partial charge in [0, 0.05) is 5.56 Å². The first-order valence-corrected chi connectivity index (χ1v) is 6.31. The number of para-hydroxylation sites is 1. The Balaban J connectivity index is 2.33. The van der Waals surface area contributed by atoms with Gasteiger partial charge in [0.15, 0.2) is 0 Å². The van der Waals surface area contributed by atoms with Gasteiger partial charge >= 0.3 is 0 Å². The van der Waals surface area contributed by atoms with E-state index < -0.39 is 0 Å². The van der Waals surface area contributed by atoms with Crippen molar-refractivity contribution in [2.75, 3.05) is 13.7 Å². The van der Waals surface area contributed by atoms with Crippen LogP contribution in [0.2, 0.25) is 0 Å². The fourth-order valence-corrected chi connectivity index (χ4v) is 2.48. The summed E-state index contributed by atoms with van der Waals surface area (Å²) in [5.41, 5.74) is 0.746. The van der Waals surface area contributed by atoms with Gasteiger partial charge in [0.05, 0.1) is 18.6 Å². The van der Waals surface area contributed by atoms with Crippen molar-refractivity contribution in [2.45, 2.75) is 0 Å². The standard InChI is InChI=1S/C14H11NO3S/c1-3-8-15-13(16)12(19-14(15)17)9-10-6-4-5-7-11(10)18-2/h1,4-7,9H,8H2,2H3/b12-9+. The van der Waals surface area contributed by atoms with Crippen molar-refractivity contribution < 1.29 is 14.3 Å². The van der Waals surface area contributed by atoms with E-state index in [9.17, 15) is 9.59 Å². The molecule has 0 N–H and O–H groups in total. The van der Waals surface area contributed by atoms with Crippen LogP contribution in [0.1, 0.15) is 5.56 Å². The van der Waals surface area contributed by atoms with E-state index in [1.165, 1.54) is 0 Å². The number of nitrogens with zero attached hydrogens (tertiary/aromatic N) is 1. The largest absolute Gasteiger partial charge is 0.496 e. The van der Waals surface area contributed by atoms with Crippen LogP contribution in [0.3, 0.4) is 0 Å². The smallest absolute Gasteiger partial charge is 0.294 e. The molecule has 0 unspecified atom stereocenters. The number of imide groups is 1. The molecular weight excluding hydrogens is 262 g/mol. The minimum Gasteiger partial charge on any atom is -0.496 e. The molecular formula is C14H11NO3S. The molecule has 1 heterocycles. The van der Waals surface area contributed by atoms with Crippen LogP contribution in [0.15, 0.2) is 29.2 Å². The highest BCUT2D eigenvalue weighted by Crippen LogP contribution is 2.33. The van der Waals surface area contributed by atoms with Gasteiger partial charge in [-0.25, -0.2) is 0 Å². The molecule has 0 bridgehead atoms. The Labute approximate surface area is 115 Å². The normalized spacial score (nSPS) is 16.8. The van der Waals surface area contributed by atoms with Gasteiger partial charge in [0.25, 0.3) is 11.1 Å². The predicted octanol–water partition coefficient (Wildman–Crippen LogP) is 2.36. The molecule has 1 aliphatic rings. The predicted molar refractivity (Wildman–Crippen MR) is 74.5 cm³/mol. The molecule has 19 heavy (non-hydrogen) atoms. The fraction of sp³-hybridized carbons (Fsp3) is 0.143. The van der Waals surface area contributed by atoms with E-state index in [0.717, 1.165) is 22.2 Å². The van der Waals surface area contributed by atoms with Crippen LogP contribution in [0.5, 0.6) is 5.75 Å². The lowest BCUT2D eigenvalue weighted by Crippen LogP contribution is -2.28. The van der Waals surface area contributed by atoms with Crippen molar-refractivity contribution in [1.29, 1.82) is 0 Å². The Bertz CT molecular complexity index is 601. The van der Waals surface area contributed by atoms with Crippen molar-refractivity contribution in [1.82, 2.24) is 4.90 Å². The second-order valence-electron chi connectivity index (χ2n) is 3.71. The Hall–Kier alpha value is -2.19. The van der Waals surface area contributed by atoms with Crippen molar-refractivity contribution in [3.63, 3.8) is 0 Å². The Morgan fingerprint density at radius 2 is 2.16 bits per heavy atom. The quantitative estimate of drug-likeness (QED) is 0.626. The molecule has 1 fully saturated rings. The zero-order valence-corrected chi connectivity index (χ0v) is 11.1. The minimum absolute atomic E-state index is 0.00602. The molecule has 5 heteroatoms. The number of terminal acetylenes is 1. The van der Waals surface area contributed by atoms with Crippen molar-refractivity contribution in [3.05, 3.63) is 34.7 Å². The fourth-order valence-electron chi connectivity index (χ4n) is 1.65. The number of ether oxygens (including phenoxy) is 1. The molecule has 0 aliphatic carbocycles. The number of amides is 2. The van der Waals surface area contributed by atoms with Crippen LogP contribution < -0.4 is 4.74 Å². The maximum atomic E-state index is 12.0. The number of carbonyl (C=O) groups is 2. The highest BCUT2D eigenvalue weighted by Gasteiger charge is 2.34. The molecule has 1 aliphatic heterocycles. The van der Waals surface area contributed by atoms with Crippen LogP contribution in [0, 0.1) is 12.3 Å². The van der Waals surface area contributed by atoms with Crippen LogP contribution >= 0.6 is 11.8 Å². The molecule has 1 saturated heterocycles. The molecule has 2 rings (SSSR count). The molecule has 0 saturated carbocycles. The van der Waals surface area contributed by atoms with E-state index in [4.69, 9.17) is 11.2 Å². The van der Waals surface area contributed by atoms with Crippen LogP contribution in [0.25, 0.3) is 6.08 Å². The summed E-state index contributed by atoms with van der Waals surface area (Å²) in [4.78, 5) is 25.0. The lowest BCUT2D eigenvalue weighted by molar-refractivity contribution is -0.122. The summed E-state index contributed by atoms with van der Waals surface area (Å²) in [7, 11) is 1.55. The lowest BCUT2D eigenvalue weighted by atomic mass is 10.2. The second kappa shape index (κ2) is 5.63. The number of rotatable bonds is 3. The van der Waals surface area contributed by atoms with Crippen molar-refractivity contribution >= 4 is 29.0 Å². The molecule has 0 atom stereocenters. The number of methoxy groups -OCH3 is 1. The molecule has 4 nitrogen and oxygen atoms in total. The molecule has 0 aromatic heterocycles. The molecule has 0 spiro atoms. The van der Waals surface area contributed by atoms with E-state index in [1.54, 1.807) is 19.3 Å². The van der Waals surface area contributed by atoms with Crippen LogP contribution in [0.4, 0.5) is 4.79 Å². The summed E-state index contributed by atoms with van der Waals surface area (Å²) < 4.78 is 5.20. The van der Waals surface area contributed by atoms with Gasteiger partial charge < -0.3 is 4.74 Å². The SMILES string of the molecule is C#CCN1C(=O)S/C(=C/c2ccccc2OC)C1=O. The summed E-state index contributed by atoms with van der Waals surface area (Å²) in [6.07, 6.45) is 6.77. The minimum atomic E-state index is -0.362. The summed E-state index contributed by atoms with van der Waals surface area (Å²) in [6, 6.07) is 7.27. The third-order valence-electron chi connectivity index (χ3n) is 2.55. The van der Waals surface area contributed by atoms with Gasteiger partial charge in [0.2, 0.25) is 0 Å². The van der Waals surface area contributed by atoms with E-state index >= 15 is 0 Å². The molecule has 1 aromatic carbocycles. The molecule has 1 aromatic rings. The third kappa shape index (κ3) is 2.64. The zero-order valence-electron chi connectivity index (χ0n) is 10.3. The maximum absolute atomic E-state index is 12.0. The Morgan fingerprint density at radius 1 is 1.42 bits per heavy atom. The number of benzene rings is 1. The van der Waals surface area contributed by atoms with Crippen molar-refractivity contribution in [3.8, 4) is 18.1 Å². The van der Waals surface area contributed by atoms with Gasteiger partial charge in [-0.05, 0) is 23.9 Å².